The lowest BCUT2D eigenvalue weighted by atomic mass is 10.2. The lowest BCUT2D eigenvalue weighted by Crippen LogP contribution is -2.14. The van der Waals surface area contributed by atoms with Crippen molar-refractivity contribution >= 4 is 32.4 Å². The molecule has 112 valence electrons. The van der Waals surface area contributed by atoms with E-state index in [1.165, 1.54) is 0 Å². The number of carbonyl (C=O) groups is 1. The summed E-state index contributed by atoms with van der Waals surface area (Å²) in [4.78, 5) is 15.6. The monoisotopic (exact) mass is 325 g/mol. The highest BCUT2D eigenvalue weighted by molar-refractivity contribution is 7.93. The van der Waals surface area contributed by atoms with E-state index >= 15 is 0 Å². The molecule has 1 heterocycles. The number of rotatable bonds is 4. The summed E-state index contributed by atoms with van der Waals surface area (Å²) in [6, 6.07) is 5.06. The van der Waals surface area contributed by atoms with Gasteiger partial charge in [0.15, 0.2) is 5.13 Å². The van der Waals surface area contributed by atoms with E-state index < -0.39 is 15.9 Å². The number of thiazole rings is 1. The Morgan fingerprint density at radius 2 is 1.95 bits per heavy atom. The first-order valence-corrected chi connectivity index (χ1v) is 8.38. The zero-order valence-electron chi connectivity index (χ0n) is 11.8. The number of aryl methyl sites for hydroxylation is 3. The minimum absolute atomic E-state index is 0.126. The van der Waals surface area contributed by atoms with Crippen LogP contribution in [0.3, 0.4) is 0 Å². The van der Waals surface area contributed by atoms with Crippen LogP contribution in [0.2, 0.25) is 0 Å². The molecule has 2 rings (SSSR count). The van der Waals surface area contributed by atoms with Crippen molar-refractivity contribution in [1.29, 1.82) is 0 Å². The first-order valence-electron chi connectivity index (χ1n) is 6.08. The standard InChI is InChI=1S/C13H15N3O3S2/c1-7-4-5-10(8(2)6-7)21(18,19)16-13-15-9(3)11(20-13)12(14)17/h4-6H,1-3H3,(H2,14,17)(H,15,16). The fourth-order valence-corrected chi connectivity index (χ4v) is 4.22. The number of hydrogen-bond donors (Lipinski definition) is 2. The predicted molar refractivity (Wildman–Crippen MR) is 82.1 cm³/mol. The topological polar surface area (TPSA) is 102 Å². The third-order valence-corrected chi connectivity index (χ3v) is 5.58. The maximum absolute atomic E-state index is 12.4. The third kappa shape index (κ3) is 3.22. The van der Waals surface area contributed by atoms with E-state index in [4.69, 9.17) is 5.73 Å². The van der Waals surface area contributed by atoms with Gasteiger partial charge in [-0.05, 0) is 32.4 Å². The molecule has 1 amide bonds. The van der Waals surface area contributed by atoms with E-state index in [0.29, 0.717) is 11.3 Å². The Morgan fingerprint density at radius 3 is 2.48 bits per heavy atom. The smallest absolute Gasteiger partial charge is 0.263 e. The van der Waals surface area contributed by atoms with E-state index in [-0.39, 0.29) is 14.9 Å². The molecule has 21 heavy (non-hydrogen) atoms. The van der Waals surface area contributed by atoms with Crippen molar-refractivity contribution in [2.75, 3.05) is 4.72 Å². The molecule has 1 aromatic heterocycles. The van der Waals surface area contributed by atoms with Crippen molar-refractivity contribution < 1.29 is 13.2 Å². The number of carbonyl (C=O) groups excluding carboxylic acids is 1. The van der Waals surface area contributed by atoms with Crippen LogP contribution in [0.1, 0.15) is 26.5 Å². The average Bonchev–Trinajstić information content (AvgIpc) is 2.68. The number of anilines is 1. The van der Waals surface area contributed by atoms with Crippen LogP contribution >= 0.6 is 11.3 Å². The number of nitrogens with two attached hydrogens (primary N) is 1. The number of aromatic nitrogens is 1. The van der Waals surface area contributed by atoms with Gasteiger partial charge in [0.25, 0.3) is 15.9 Å². The van der Waals surface area contributed by atoms with Gasteiger partial charge in [-0.2, -0.15) is 0 Å². The van der Waals surface area contributed by atoms with E-state index in [1.807, 2.05) is 6.92 Å². The number of nitrogens with one attached hydrogen (secondary N) is 1. The highest BCUT2D eigenvalue weighted by atomic mass is 32.2. The fraction of sp³-hybridized carbons (Fsp3) is 0.231. The van der Waals surface area contributed by atoms with Crippen molar-refractivity contribution in [3.05, 3.63) is 39.9 Å². The van der Waals surface area contributed by atoms with Gasteiger partial charge in [0.2, 0.25) is 0 Å². The van der Waals surface area contributed by atoms with Crippen molar-refractivity contribution in [2.24, 2.45) is 5.73 Å². The van der Waals surface area contributed by atoms with Crippen molar-refractivity contribution in [3.63, 3.8) is 0 Å². The fourth-order valence-electron chi connectivity index (χ4n) is 1.94. The lowest BCUT2D eigenvalue weighted by molar-refractivity contribution is 0.100. The number of benzene rings is 1. The van der Waals surface area contributed by atoms with Gasteiger partial charge in [0, 0.05) is 0 Å². The Hall–Kier alpha value is -1.93. The van der Waals surface area contributed by atoms with Gasteiger partial charge in [-0.1, -0.05) is 29.0 Å². The molecule has 0 atom stereocenters. The number of primary amides is 1. The quantitative estimate of drug-likeness (QED) is 0.897. The molecule has 0 saturated heterocycles. The summed E-state index contributed by atoms with van der Waals surface area (Å²) in [5, 5.41) is 0.126. The Labute approximate surface area is 127 Å². The number of nitrogens with zero attached hydrogens (tertiary/aromatic N) is 1. The molecule has 0 aliphatic rings. The summed E-state index contributed by atoms with van der Waals surface area (Å²) >= 11 is 0.922. The second kappa shape index (κ2) is 5.45. The average molecular weight is 325 g/mol. The molecular weight excluding hydrogens is 310 g/mol. The highest BCUT2D eigenvalue weighted by Crippen LogP contribution is 2.26. The molecule has 0 spiro atoms. The van der Waals surface area contributed by atoms with Crippen LogP contribution in [0.25, 0.3) is 0 Å². The Morgan fingerprint density at radius 1 is 1.29 bits per heavy atom. The second-order valence-corrected chi connectivity index (χ2v) is 7.32. The number of hydrogen-bond acceptors (Lipinski definition) is 5. The molecule has 0 saturated carbocycles. The van der Waals surface area contributed by atoms with Gasteiger partial charge < -0.3 is 5.73 Å². The van der Waals surface area contributed by atoms with Crippen LogP contribution in [-0.4, -0.2) is 19.3 Å². The van der Waals surface area contributed by atoms with Crippen LogP contribution in [-0.2, 0) is 10.0 Å². The normalized spacial score (nSPS) is 11.4. The first-order chi connectivity index (χ1) is 9.70. The van der Waals surface area contributed by atoms with E-state index in [9.17, 15) is 13.2 Å². The lowest BCUT2D eigenvalue weighted by Gasteiger charge is -2.08. The van der Waals surface area contributed by atoms with Gasteiger partial charge in [0.05, 0.1) is 10.6 Å². The van der Waals surface area contributed by atoms with Gasteiger partial charge in [-0.3, -0.25) is 9.52 Å². The van der Waals surface area contributed by atoms with Crippen LogP contribution < -0.4 is 10.5 Å². The minimum Gasteiger partial charge on any atom is -0.365 e. The van der Waals surface area contributed by atoms with Gasteiger partial charge in [-0.25, -0.2) is 13.4 Å². The summed E-state index contributed by atoms with van der Waals surface area (Å²) in [7, 11) is -3.74. The van der Waals surface area contributed by atoms with Gasteiger partial charge in [0.1, 0.15) is 4.88 Å². The largest absolute Gasteiger partial charge is 0.365 e. The molecule has 0 bridgehead atoms. The molecule has 0 radical (unpaired) electrons. The minimum atomic E-state index is -3.74. The van der Waals surface area contributed by atoms with Crippen molar-refractivity contribution in [2.45, 2.75) is 25.7 Å². The van der Waals surface area contributed by atoms with Crippen LogP contribution in [0.15, 0.2) is 23.1 Å². The summed E-state index contributed by atoms with van der Waals surface area (Å²) in [5.74, 6) is -0.623. The summed E-state index contributed by atoms with van der Waals surface area (Å²) < 4.78 is 27.1. The maximum Gasteiger partial charge on any atom is 0.263 e. The van der Waals surface area contributed by atoms with Crippen molar-refractivity contribution in [1.82, 2.24) is 4.98 Å². The molecule has 2 aromatic rings. The van der Waals surface area contributed by atoms with Crippen molar-refractivity contribution in [3.8, 4) is 0 Å². The molecule has 3 N–H and O–H groups in total. The maximum atomic E-state index is 12.4. The summed E-state index contributed by atoms with van der Waals surface area (Å²) in [6.45, 7) is 5.22. The third-order valence-electron chi connectivity index (χ3n) is 2.86. The second-order valence-electron chi connectivity index (χ2n) is 4.67. The summed E-state index contributed by atoms with van der Waals surface area (Å²) in [6.07, 6.45) is 0. The molecule has 0 aliphatic carbocycles. The van der Waals surface area contributed by atoms with Crippen LogP contribution in [0.4, 0.5) is 5.13 Å². The van der Waals surface area contributed by atoms with E-state index in [2.05, 4.69) is 9.71 Å². The first kappa shape index (κ1) is 15.5. The number of sulfonamides is 1. The highest BCUT2D eigenvalue weighted by Gasteiger charge is 2.20. The van der Waals surface area contributed by atoms with E-state index in [1.54, 1.807) is 32.0 Å². The summed E-state index contributed by atoms with van der Waals surface area (Å²) in [5.41, 5.74) is 7.23. The molecule has 1 aromatic carbocycles. The Bertz CT molecular complexity index is 810. The molecule has 0 fully saturated rings. The van der Waals surface area contributed by atoms with Crippen LogP contribution in [0, 0.1) is 20.8 Å². The molecular formula is C13H15N3O3S2. The van der Waals surface area contributed by atoms with E-state index in [0.717, 1.165) is 16.9 Å². The zero-order valence-corrected chi connectivity index (χ0v) is 13.4. The predicted octanol–water partition coefficient (Wildman–Crippen LogP) is 1.97. The molecule has 0 aliphatic heterocycles. The number of amides is 1. The van der Waals surface area contributed by atoms with Gasteiger partial charge >= 0.3 is 0 Å². The van der Waals surface area contributed by atoms with Crippen LogP contribution in [0.5, 0.6) is 0 Å². The Balaban J connectivity index is 2.37. The Kier molecular flexibility index (Phi) is 4.02. The SMILES string of the molecule is Cc1ccc(S(=O)(=O)Nc2nc(C)c(C(N)=O)s2)c(C)c1. The van der Waals surface area contributed by atoms with Gasteiger partial charge in [-0.15, -0.1) is 0 Å². The molecule has 8 heteroatoms. The molecule has 6 nitrogen and oxygen atoms in total. The molecule has 0 unspecified atom stereocenters. The zero-order chi connectivity index (χ0) is 15.8.